The van der Waals surface area contributed by atoms with Crippen molar-refractivity contribution in [2.24, 2.45) is 0 Å². The lowest BCUT2D eigenvalue weighted by Gasteiger charge is -2.21. The minimum atomic E-state index is 0.637. The van der Waals surface area contributed by atoms with E-state index in [2.05, 4.69) is 34.7 Å². The Morgan fingerprint density at radius 2 is 2.57 bits per heavy atom. The van der Waals surface area contributed by atoms with Gasteiger partial charge < -0.3 is 5.32 Å². The van der Waals surface area contributed by atoms with Gasteiger partial charge in [-0.05, 0) is 37.9 Å². The predicted molar refractivity (Wildman–Crippen MR) is 61.7 cm³/mol. The number of hydrogen-bond acceptors (Lipinski definition) is 3. The first-order valence-electron chi connectivity index (χ1n) is 5.33. The van der Waals surface area contributed by atoms with Crippen LogP contribution in [0.5, 0.6) is 0 Å². The summed E-state index contributed by atoms with van der Waals surface area (Å²) >= 11 is 1.86. The molecule has 2 heterocycles. The third kappa shape index (κ3) is 2.80. The van der Waals surface area contributed by atoms with E-state index >= 15 is 0 Å². The van der Waals surface area contributed by atoms with Gasteiger partial charge >= 0.3 is 0 Å². The van der Waals surface area contributed by atoms with Gasteiger partial charge in [0.05, 0.1) is 0 Å². The summed E-state index contributed by atoms with van der Waals surface area (Å²) in [6, 6.07) is 5.00. The standard InChI is InChI=1S/C11H18N2S/c1-10-8-13(6-3-5-12-10)9-11-4-2-7-14-11/h2,4,7,10,12H,3,5-6,8-9H2,1H3. The number of nitrogens with zero attached hydrogens (tertiary/aromatic N) is 1. The lowest BCUT2D eigenvalue weighted by Crippen LogP contribution is -2.34. The van der Waals surface area contributed by atoms with E-state index in [0.29, 0.717) is 6.04 Å². The Labute approximate surface area is 89.9 Å². The SMILES string of the molecule is CC1CN(Cc2cccs2)CCCN1. The smallest absolute Gasteiger partial charge is 0.0328 e. The van der Waals surface area contributed by atoms with Crippen LogP contribution in [0.25, 0.3) is 0 Å². The highest BCUT2D eigenvalue weighted by atomic mass is 32.1. The van der Waals surface area contributed by atoms with Crippen LogP contribution in [0.15, 0.2) is 17.5 Å². The second-order valence-electron chi connectivity index (χ2n) is 4.02. The summed E-state index contributed by atoms with van der Waals surface area (Å²) in [6.45, 7) is 6.98. The molecule has 78 valence electrons. The summed E-state index contributed by atoms with van der Waals surface area (Å²) in [7, 11) is 0. The Balaban J connectivity index is 1.90. The van der Waals surface area contributed by atoms with Crippen molar-refractivity contribution >= 4 is 11.3 Å². The van der Waals surface area contributed by atoms with E-state index in [1.54, 1.807) is 0 Å². The fourth-order valence-corrected chi connectivity index (χ4v) is 2.71. The molecule has 1 aliphatic heterocycles. The summed E-state index contributed by atoms with van der Waals surface area (Å²) < 4.78 is 0. The quantitative estimate of drug-likeness (QED) is 0.802. The van der Waals surface area contributed by atoms with Gasteiger partial charge in [0, 0.05) is 24.0 Å². The molecule has 0 saturated carbocycles. The van der Waals surface area contributed by atoms with Gasteiger partial charge in [-0.15, -0.1) is 11.3 Å². The predicted octanol–water partition coefficient (Wildman–Crippen LogP) is 1.93. The minimum absolute atomic E-state index is 0.637. The lowest BCUT2D eigenvalue weighted by atomic mass is 10.3. The molecule has 0 bridgehead atoms. The van der Waals surface area contributed by atoms with Crippen molar-refractivity contribution in [3.8, 4) is 0 Å². The maximum Gasteiger partial charge on any atom is 0.0328 e. The van der Waals surface area contributed by atoms with Crippen LogP contribution >= 0.6 is 11.3 Å². The maximum absolute atomic E-state index is 3.52. The molecule has 2 rings (SSSR count). The van der Waals surface area contributed by atoms with Crippen molar-refractivity contribution in [2.45, 2.75) is 25.9 Å². The number of rotatable bonds is 2. The molecule has 0 amide bonds. The zero-order valence-electron chi connectivity index (χ0n) is 8.70. The van der Waals surface area contributed by atoms with Gasteiger partial charge in [0.15, 0.2) is 0 Å². The Hall–Kier alpha value is -0.380. The van der Waals surface area contributed by atoms with Crippen molar-refractivity contribution in [1.29, 1.82) is 0 Å². The number of thiophene rings is 1. The summed E-state index contributed by atoms with van der Waals surface area (Å²) in [5, 5.41) is 5.68. The van der Waals surface area contributed by atoms with Crippen LogP contribution in [0.3, 0.4) is 0 Å². The first-order valence-corrected chi connectivity index (χ1v) is 6.20. The van der Waals surface area contributed by atoms with Crippen LogP contribution in [-0.2, 0) is 6.54 Å². The monoisotopic (exact) mass is 210 g/mol. The third-order valence-corrected chi connectivity index (χ3v) is 3.50. The Morgan fingerprint density at radius 3 is 3.36 bits per heavy atom. The molecule has 0 spiro atoms. The Bertz CT molecular complexity index is 258. The fourth-order valence-electron chi connectivity index (χ4n) is 1.96. The van der Waals surface area contributed by atoms with Gasteiger partial charge in [-0.3, -0.25) is 4.90 Å². The van der Waals surface area contributed by atoms with E-state index in [-0.39, 0.29) is 0 Å². The van der Waals surface area contributed by atoms with Crippen molar-refractivity contribution in [3.05, 3.63) is 22.4 Å². The highest BCUT2D eigenvalue weighted by Crippen LogP contribution is 2.13. The van der Waals surface area contributed by atoms with Crippen molar-refractivity contribution in [3.63, 3.8) is 0 Å². The van der Waals surface area contributed by atoms with Gasteiger partial charge in [0.1, 0.15) is 0 Å². The molecule has 1 atom stereocenters. The van der Waals surface area contributed by atoms with Crippen LogP contribution in [0.1, 0.15) is 18.2 Å². The van der Waals surface area contributed by atoms with E-state index < -0.39 is 0 Å². The first-order chi connectivity index (χ1) is 6.84. The second kappa shape index (κ2) is 4.91. The Morgan fingerprint density at radius 1 is 1.64 bits per heavy atom. The molecule has 1 aliphatic rings. The van der Waals surface area contributed by atoms with Crippen LogP contribution in [-0.4, -0.2) is 30.6 Å². The molecule has 0 radical (unpaired) electrons. The topological polar surface area (TPSA) is 15.3 Å². The van der Waals surface area contributed by atoms with Crippen molar-refractivity contribution in [2.75, 3.05) is 19.6 Å². The van der Waals surface area contributed by atoms with Crippen LogP contribution in [0.4, 0.5) is 0 Å². The van der Waals surface area contributed by atoms with Gasteiger partial charge in [0.2, 0.25) is 0 Å². The van der Waals surface area contributed by atoms with Gasteiger partial charge in [-0.2, -0.15) is 0 Å². The number of nitrogens with one attached hydrogen (secondary N) is 1. The van der Waals surface area contributed by atoms with E-state index in [0.717, 1.165) is 6.54 Å². The van der Waals surface area contributed by atoms with Gasteiger partial charge in [-0.1, -0.05) is 6.07 Å². The van der Waals surface area contributed by atoms with Crippen molar-refractivity contribution < 1.29 is 0 Å². The van der Waals surface area contributed by atoms with E-state index in [9.17, 15) is 0 Å². The molecule has 2 nitrogen and oxygen atoms in total. The van der Waals surface area contributed by atoms with Crippen LogP contribution in [0, 0.1) is 0 Å². The molecule has 14 heavy (non-hydrogen) atoms. The zero-order valence-corrected chi connectivity index (χ0v) is 9.52. The molecule has 1 aromatic heterocycles. The maximum atomic E-state index is 3.52. The van der Waals surface area contributed by atoms with E-state index in [1.165, 1.54) is 30.9 Å². The second-order valence-corrected chi connectivity index (χ2v) is 5.06. The lowest BCUT2D eigenvalue weighted by molar-refractivity contribution is 0.267. The molecule has 1 saturated heterocycles. The van der Waals surface area contributed by atoms with Crippen LogP contribution in [0.2, 0.25) is 0 Å². The van der Waals surface area contributed by atoms with Crippen molar-refractivity contribution in [1.82, 2.24) is 10.2 Å². The molecule has 1 N–H and O–H groups in total. The molecule has 1 unspecified atom stereocenters. The summed E-state index contributed by atoms with van der Waals surface area (Å²) in [6.07, 6.45) is 1.27. The molecule has 3 heteroatoms. The third-order valence-electron chi connectivity index (χ3n) is 2.64. The minimum Gasteiger partial charge on any atom is -0.313 e. The first kappa shape index (κ1) is 10.1. The fraction of sp³-hybridized carbons (Fsp3) is 0.636. The highest BCUT2D eigenvalue weighted by molar-refractivity contribution is 7.09. The molecule has 1 aromatic rings. The summed E-state index contributed by atoms with van der Waals surface area (Å²) in [5.41, 5.74) is 0. The highest BCUT2D eigenvalue weighted by Gasteiger charge is 2.13. The molecular weight excluding hydrogens is 192 g/mol. The average Bonchev–Trinajstić information content (AvgIpc) is 2.56. The average molecular weight is 210 g/mol. The molecular formula is C11H18N2S. The largest absolute Gasteiger partial charge is 0.313 e. The molecule has 0 aliphatic carbocycles. The molecule has 1 fully saturated rings. The number of hydrogen-bond donors (Lipinski definition) is 1. The summed E-state index contributed by atoms with van der Waals surface area (Å²) in [5.74, 6) is 0. The normalized spacial score (nSPS) is 24.8. The van der Waals surface area contributed by atoms with Gasteiger partial charge in [0.25, 0.3) is 0 Å². The van der Waals surface area contributed by atoms with Gasteiger partial charge in [-0.25, -0.2) is 0 Å². The molecule has 0 aromatic carbocycles. The van der Waals surface area contributed by atoms with E-state index in [4.69, 9.17) is 0 Å². The Kier molecular flexibility index (Phi) is 3.56. The van der Waals surface area contributed by atoms with E-state index in [1.807, 2.05) is 11.3 Å². The zero-order chi connectivity index (χ0) is 9.80. The van der Waals surface area contributed by atoms with Crippen LogP contribution < -0.4 is 5.32 Å². The summed E-state index contributed by atoms with van der Waals surface area (Å²) in [4.78, 5) is 4.04.